The molecular weight excluding hydrogens is 268 g/mol. The fraction of sp³-hybridized carbons (Fsp3) is 0.733. The zero-order valence-electron chi connectivity index (χ0n) is 12.8. The van der Waals surface area contributed by atoms with Gasteiger partial charge in [0, 0.05) is 45.3 Å². The van der Waals surface area contributed by atoms with E-state index >= 15 is 0 Å². The summed E-state index contributed by atoms with van der Waals surface area (Å²) < 4.78 is 5.08. The van der Waals surface area contributed by atoms with Crippen molar-refractivity contribution in [2.45, 2.75) is 26.8 Å². The molecule has 3 rings (SSSR count). The minimum absolute atomic E-state index is 0.0889. The summed E-state index contributed by atoms with van der Waals surface area (Å²) >= 11 is 0. The maximum Gasteiger partial charge on any atom is 0.317 e. The first-order valence-electron chi connectivity index (χ1n) is 7.79. The van der Waals surface area contributed by atoms with Crippen LogP contribution in [0.5, 0.6) is 0 Å². The molecule has 2 aliphatic rings. The van der Waals surface area contributed by atoms with E-state index < -0.39 is 0 Å². The molecule has 1 aliphatic carbocycles. The highest BCUT2D eigenvalue weighted by molar-refractivity contribution is 5.74. The van der Waals surface area contributed by atoms with E-state index in [1.807, 2.05) is 17.9 Å². The van der Waals surface area contributed by atoms with E-state index in [1.54, 1.807) is 0 Å². The molecule has 1 saturated carbocycles. The van der Waals surface area contributed by atoms with Gasteiger partial charge < -0.3 is 14.7 Å². The summed E-state index contributed by atoms with van der Waals surface area (Å²) in [6.45, 7) is 9.11. The van der Waals surface area contributed by atoms with Gasteiger partial charge in [-0.15, -0.1) is 0 Å². The quantitative estimate of drug-likeness (QED) is 0.913. The Hall–Kier alpha value is -1.56. The summed E-state index contributed by atoms with van der Waals surface area (Å²) in [4.78, 5) is 16.3. The van der Waals surface area contributed by atoms with Gasteiger partial charge in [0.15, 0.2) is 0 Å². The van der Waals surface area contributed by atoms with Crippen LogP contribution in [0.1, 0.15) is 24.8 Å². The van der Waals surface area contributed by atoms with Gasteiger partial charge in [-0.1, -0.05) is 12.1 Å². The summed E-state index contributed by atoms with van der Waals surface area (Å²) in [5, 5.41) is 7.07. The molecule has 0 radical (unpaired) electrons. The predicted octanol–water partition coefficient (Wildman–Crippen LogP) is 1.47. The first-order valence-corrected chi connectivity index (χ1v) is 7.79. The molecule has 2 amide bonds. The molecule has 1 aliphatic heterocycles. The molecule has 1 aromatic heterocycles. The lowest BCUT2D eigenvalue weighted by atomic mass is 10.3. The highest BCUT2D eigenvalue weighted by atomic mass is 16.5. The third kappa shape index (κ3) is 3.75. The van der Waals surface area contributed by atoms with Crippen LogP contribution < -0.4 is 5.32 Å². The Balaban J connectivity index is 1.39. The van der Waals surface area contributed by atoms with Crippen LogP contribution in [-0.2, 0) is 6.54 Å². The average Bonchev–Trinajstić information content (AvgIpc) is 3.03. The largest absolute Gasteiger partial charge is 0.361 e. The van der Waals surface area contributed by atoms with Crippen LogP contribution in [0.15, 0.2) is 10.6 Å². The smallest absolute Gasteiger partial charge is 0.317 e. The van der Waals surface area contributed by atoms with Gasteiger partial charge in [-0.2, -0.15) is 0 Å². The Morgan fingerprint density at radius 3 is 2.71 bits per heavy atom. The molecular formula is C15H24N4O2. The topological polar surface area (TPSA) is 61.6 Å². The van der Waals surface area contributed by atoms with E-state index in [-0.39, 0.29) is 6.03 Å². The molecule has 1 N–H and O–H groups in total. The lowest BCUT2D eigenvalue weighted by molar-refractivity contribution is 0.133. The van der Waals surface area contributed by atoms with Crippen molar-refractivity contribution in [3.8, 4) is 0 Å². The molecule has 0 bridgehead atoms. The number of amides is 2. The Labute approximate surface area is 125 Å². The second-order valence-corrected chi connectivity index (χ2v) is 6.35. The van der Waals surface area contributed by atoms with E-state index in [9.17, 15) is 4.79 Å². The second-order valence-electron chi connectivity index (χ2n) is 6.35. The van der Waals surface area contributed by atoms with Crippen molar-refractivity contribution in [1.82, 2.24) is 20.3 Å². The van der Waals surface area contributed by atoms with Gasteiger partial charge in [-0.25, -0.2) is 4.79 Å². The summed E-state index contributed by atoms with van der Waals surface area (Å²) in [7, 11) is 0. The number of aryl methyl sites for hydroxylation is 1. The first kappa shape index (κ1) is 14.4. The van der Waals surface area contributed by atoms with Crippen molar-refractivity contribution in [3.63, 3.8) is 0 Å². The van der Waals surface area contributed by atoms with Gasteiger partial charge in [0.05, 0.1) is 5.69 Å². The zero-order valence-corrected chi connectivity index (χ0v) is 12.8. The highest BCUT2D eigenvalue weighted by Gasteiger charge is 2.33. The monoisotopic (exact) mass is 292 g/mol. The van der Waals surface area contributed by atoms with Gasteiger partial charge in [0.1, 0.15) is 5.76 Å². The van der Waals surface area contributed by atoms with Crippen LogP contribution >= 0.6 is 0 Å². The number of nitrogens with one attached hydrogen (secondary N) is 1. The lowest BCUT2D eigenvalue weighted by Crippen LogP contribution is -2.51. The highest BCUT2D eigenvalue weighted by Crippen LogP contribution is 2.36. The number of piperazine rings is 1. The molecule has 1 saturated heterocycles. The van der Waals surface area contributed by atoms with Crippen molar-refractivity contribution < 1.29 is 9.32 Å². The Bertz CT molecular complexity index is 494. The van der Waals surface area contributed by atoms with Crippen molar-refractivity contribution in [2.24, 2.45) is 11.8 Å². The Morgan fingerprint density at radius 2 is 2.14 bits per heavy atom. The zero-order chi connectivity index (χ0) is 14.8. The van der Waals surface area contributed by atoms with Gasteiger partial charge in [0.2, 0.25) is 0 Å². The Morgan fingerprint density at radius 1 is 1.43 bits per heavy atom. The molecule has 2 atom stereocenters. The van der Waals surface area contributed by atoms with Crippen molar-refractivity contribution in [1.29, 1.82) is 0 Å². The molecule has 116 valence electrons. The van der Waals surface area contributed by atoms with Crippen molar-refractivity contribution >= 4 is 6.03 Å². The first-order chi connectivity index (χ1) is 10.1. The van der Waals surface area contributed by atoms with E-state index in [0.29, 0.717) is 5.92 Å². The third-order valence-corrected chi connectivity index (χ3v) is 4.51. The molecule has 2 fully saturated rings. The SMILES string of the molecule is Cc1cc(CN2CCN(C(=O)NC[C@@H]3C[C@@H]3C)CC2)no1. The normalized spacial score (nSPS) is 25.9. The summed E-state index contributed by atoms with van der Waals surface area (Å²) in [6.07, 6.45) is 1.26. The summed E-state index contributed by atoms with van der Waals surface area (Å²) in [6, 6.07) is 2.06. The van der Waals surface area contributed by atoms with Gasteiger partial charge in [-0.3, -0.25) is 4.90 Å². The van der Waals surface area contributed by atoms with Crippen molar-refractivity contribution in [2.75, 3.05) is 32.7 Å². The molecule has 21 heavy (non-hydrogen) atoms. The van der Waals surface area contributed by atoms with Gasteiger partial charge in [0.25, 0.3) is 0 Å². The number of carbonyl (C=O) groups excluding carboxylic acids is 1. The van der Waals surface area contributed by atoms with E-state index in [1.165, 1.54) is 6.42 Å². The van der Waals surface area contributed by atoms with Crippen LogP contribution in [0.3, 0.4) is 0 Å². The number of urea groups is 1. The fourth-order valence-electron chi connectivity index (χ4n) is 2.84. The number of hydrogen-bond acceptors (Lipinski definition) is 4. The van der Waals surface area contributed by atoms with Crippen LogP contribution in [0.2, 0.25) is 0 Å². The molecule has 1 aromatic rings. The van der Waals surface area contributed by atoms with Crippen LogP contribution in [-0.4, -0.2) is 53.7 Å². The lowest BCUT2D eigenvalue weighted by Gasteiger charge is -2.34. The molecule has 0 aromatic carbocycles. The molecule has 0 spiro atoms. The third-order valence-electron chi connectivity index (χ3n) is 4.51. The number of rotatable bonds is 4. The summed E-state index contributed by atoms with van der Waals surface area (Å²) in [5.74, 6) is 2.33. The average molecular weight is 292 g/mol. The van der Waals surface area contributed by atoms with Crippen LogP contribution in [0, 0.1) is 18.8 Å². The van der Waals surface area contributed by atoms with E-state index in [2.05, 4.69) is 22.3 Å². The maximum atomic E-state index is 12.1. The number of carbonyl (C=O) groups is 1. The van der Waals surface area contributed by atoms with E-state index in [0.717, 1.165) is 56.6 Å². The number of nitrogens with zero attached hydrogens (tertiary/aromatic N) is 3. The fourth-order valence-corrected chi connectivity index (χ4v) is 2.84. The van der Waals surface area contributed by atoms with Gasteiger partial charge >= 0.3 is 6.03 Å². The number of hydrogen-bond donors (Lipinski definition) is 1. The summed E-state index contributed by atoms with van der Waals surface area (Å²) in [5.41, 5.74) is 0.966. The Kier molecular flexibility index (Phi) is 4.14. The van der Waals surface area contributed by atoms with E-state index in [4.69, 9.17) is 4.52 Å². The standard InChI is InChI=1S/C15H24N4O2/c1-11-7-13(11)9-16-15(20)19-5-3-18(4-6-19)10-14-8-12(2)21-17-14/h8,11,13H,3-7,9-10H2,1-2H3,(H,16,20)/t11-,13-/m0/s1. The van der Waals surface area contributed by atoms with Gasteiger partial charge in [-0.05, 0) is 25.2 Å². The predicted molar refractivity (Wildman–Crippen MR) is 78.8 cm³/mol. The molecule has 6 nitrogen and oxygen atoms in total. The molecule has 0 unspecified atom stereocenters. The minimum Gasteiger partial charge on any atom is -0.361 e. The van der Waals surface area contributed by atoms with Crippen molar-refractivity contribution in [3.05, 3.63) is 17.5 Å². The maximum absolute atomic E-state index is 12.1. The minimum atomic E-state index is 0.0889. The van der Waals surface area contributed by atoms with Crippen LogP contribution in [0.25, 0.3) is 0 Å². The second kappa shape index (κ2) is 6.05. The van der Waals surface area contributed by atoms with Crippen LogP contribution in [0.4, 0.5) is 4.79 Å². The number of aromatic nitrogens is 1. The molecule has 6 heteroatoms. The molecule has 2 heterocycles.